The largest absolute Gasteiger partial charge is 0.320 e. The lowest BCUT2D eigenvalue weighted by molar-refractivity contribution is -0.121. The standard InChI is InChI=1S/C17H26N4O2/c1-11(19-4)9-14(18)17(23)20-10-12(2)21(13(3)22)16-8-6-5-7-15(16)20/h5-8,11-12,14,19H,9-10,18H2,1-4H3/t11?,12-,14?/m0/s1. The zero-order valence-electron chi connectivity index (χ0n) is 14.2. The van der Waals surface area contributed by atoms with Crippen molar-refractivity contribution in [1.29, 1.82) is 0 Å². The molecule has 0 bridgehead atoms. The van der Waals surface area contributed by atoms with Crippen LogP contribution in [0.1, 0.15) is 27.2 Å². The van der Waals surface area contributed by atoms with Crippen LogP contribution in [-0.4, -0.2) is 43.5 Å². The van der Waals surface area contributed by atoms with E-state index in [4.69, 9.17) is 5.73 Å². The number of carbonyl (C=O) groups excluding carboxylic acids is 2. The fourth-order valence-corrected chi connectivity index (χ4v) is 3.07. The first kappa shape index (κ1) is 17.4. The van der Waals surface area contributed by atoms with Crippen LogP contribution in [0, 0.1) is 0 Å². The summed E-state index contributed by atoms with van der Waals surface area (Å²) in [6, 6.07) is 6.99. The molecule has 0 saturated carbocycles. The third kappa shape index (κ3) is 3.54. The second kappa shape index (κ2) is 7.10. The van der Waals surface area contributed by atoms with Crippen LogP contribution >= 0.6 is 0 Å². The molecule has 6 heteroatoms. The third-order valence-electron chi connectivity index (χ3n) is 4.34. The van der Waals surface area contributed by atoms with E-state index in [-0.39, 0.29) is 23.9 Å². The van der Waals surface area contributed by atoms with Crippen LogP contribution < -0.4 is 20.9 Å². The van der Waals surface area contributed by atoms with Gasteiger partial charge in [0.2, 0.25) is 11.8 Å². The van der Waals surface area contributed by atoms with Gasteiger partial charge in [0.05, 0.1) is 23.5 Å². The zero-order valence-corrected chi connectivity index (χ0v) is 14.2. The Hall–Kier alpha value is -1.92. The highest BCUT2D eigenvalue weighted by Gasteiger charge is 2.35. The molecule has 0 aromatic heterocycles. The second-order valence-corrected chi connectivity index (χ2v) is 6.21. The summed E-state index contributed by atoms with van der Waals surface area (Å²) in [7, 11) is 1.85. The molecular weight excluding hydrogens is 292 g/mol. The van der Waals surface area contributed by atoms with Gasteiger partial charge in [-0.3, -0.25) is 9.59 Å². The summed E-state index contributed by atoms with van der Waals surface area (Å²) in [5.41, 5.74) is 7.62. The summed E-state index contributed by atoms with van der Waals surface area (Å²) >= 11 is 0. The van der Waals surface area contributed by atoms with Gasteiger partial charge >= 0.3 is 0 Å². The lowest BCUT2D eigenvalue weighted by Crippen LogP contribution is -2.55. The lowest BCUT2D eigenvalue weighted by Gasteiger charge is -2.41. The molecule has 6 nitrogen and oxygen atoms in total. The Morgan fingerprint density at radius 2 is 1.96 bits per heavy atom. The molecule has 2 amide bonds. The Labute approximate surface area is 137 Å². The lowest BCUT2D eigenvalue weighted by atomic mass is 10.0. The molecule has 0 saturated heterocycles. The van der Waals surface area contributed by atoms with E-state index in [1.165, 1.54) is 0 Å². The summed E-state index contributed by atoms with van der Waals surface area (Å²) in [6.45, 7) is 5.94. The molecule has 2 unspecified atom stereocenters. The van der Waals surface area contributed by atoms with Crippen molar-refractivity contribution >= 4 is 23.2 Å². The van der Waals surface area contributed by atoms with Crippen molar-refractivity contribution < 1.29 is 9.59 Å². The molecule has 1 aromatic rings. The maximum absolute atomic E-state index is 12.8. The van der Waals surface area contributed by atoms with Crippen molar-refractivity contribution in [3.05, 3.63) is 24.3 Å². The van der Waals surface area contributed by atoms with Crippen molar-refractivity contribution in [1.82, 2.24) is 5.32 Å². The summed E-state index contributed by atoms with van der Waals surface area (Å²) < 4.78 is 0. The molecule has 3 atom stereocenters. The number of hydrogen-bond donors (Lipinski definition) is 2. The summed E-state index contributed by atoms with van der Waals surface area (Å²) in [4.78, 5) is 28.2. The predicted molar refractivity (Wildman–Crippen MR) is 92.5 cm³/mol. The molecule has 1 aliphatic rings. The molecule has 23 heavy (non-hydrogen) atoms. The van der Waals surface area contributed by atoms with Gasteiger partial charge in [-0.05, 0) is 39.4 Å². The minimum absolute atomic E-state index is 0.0230. The Bertz CT molecular complexity index is 590. The van der Waals surface area contributed by atoms with E-state index < -0.39 is 6.04 Å². The first-order valence-corrected chi connectivity index (χ1v) is 7.99. The van der Waals surface area contributed by atoms with Crippen molar-refractivity contribution in [2.75, 3.05) is 23.4 Å². The maximum Gasteiger partial charge on any atom is 0.244 e. The van der Waals surface area contributed by atoms with Crippen LogP contribution in [0.4, 0.5) is 11.4 Å². The number of rotatable bonds is 4. The highest BCUT2D eigenvalue weighted by atomic mass is 16.2. The van der Waals surface area contributed by atoms with Gasteiger partial charge in [0.1, 0.15) is 0 Å². The van der Waals surface area contributed by atoms with Crippen LogP contribution in [0.15, 0.2) is 24.3 Å². The topological polar surface area (TPSA) is 78.7 Å². The highest BCUT2D eigenvalue weighted by molar-refractivity contribution is 6.05. The number of nitrogens with one attached hydrogen (secondary N) is 1. The molecule has 0 aliphatic carbocycles. The maximum atomic E-state index is 12.8. The van der Waals surface area contributed by atoms with Gasteiger partial charge in [-0.2, -0.15) is 0 Å². The van der Waals surface area contributed by atoms with Crippen molar-refractivity contribution in [3.8, 4) is 0 Å². The zero-order chi connectivity index (χ0) is 17.1. The van der Waals surface area contributed by atoms with Crippen molar-refractivity contribution in [3.63, 3.8) is 0 Å². The van der Waals surface area contributed by atoms with Crippen LogP contribution in [0.5, 0.6) is 0 Å². The number of fused-ring (bicyclic) bond motifs is 1. The van der Waals surface area contributed by atoms with Crippen LogP contribution in [-0.2, 0) is 9.59 Å². The fraction of sp³-hybridized carbons (Fsp3) is 0.529. The Morgan fingerprint density at radius 1 is 1.35 bits per heavy atom. The van der Waals surface area contributed by atoms with Crippen LogP contribution in [0.3, 0.4) is 0 Å². The molecule has 0 spiro atoms. The monoisotopic (exact) mass is 318 g/mol. The fourth-order valence-electron chi connectivity index (χ4n) is 3.07. The van der Waals surface area contributed by atoms with Gasteiger partial charge in [-0.1, -0.05) is 12.1 Å². The molecule has 3 N–H and O–H groups in total. The number of carbonyl (C=O) groups is 2. The Morgan fingerprint density at radius 3 is 2.52 bits per heavy atom. The molecule has 1 aliphatic heterocycles. The smallest absolute Gasteiger partial charge is 0.244 e. The normalized spacial score (nSPS) is 20.0. The molecule has 0 fully saturated rings. The van der Waals surface area contributed by atoms with E-state index in [0.717, 1.165) is 11.4 Å². The summed E-state index contributed by atoms with van der Waals surface area (Å²) in [5, 5.41) is 3.10. The Balaban J connectivity index is 2.31. The number of benzene rings is 1. The number of nitrogens with two attached hydrogens (primary N) is 1. The number of hydrogen-bond acceptors (Lipinski definition) is 4. The minimum Gasteiger partial charge on any atom is -0.320 e. The molecule has 0 radical (unpaired) electrons. The van der Waals surface area contributed by atoms with Crippen LogP contribution in [0.2, 0.25) is 0 Å². The van der Waals surface area contributed by atoms with Crippen molar-refractivity contribution in [2.24, 2.45) is 5.73 Å². The van der Waals surface area contributed by atoms with E-state index >= 15 is 0 Å². The van der Waals surface area contributed by atoms with Gasteiger partial charge in [0.15, 0.2) is 0 Å². The van der Waals surface area contributed by atoms with Gasteiger partial charge in [0.25, 0.3) is 0 Å². The average Bonchev–Trinajstić information content (AvgIpc) is 2.52. The van der Waals surface area contributed by atoms with Gasteiger partial charge in [-0.15, -0.1) is 0 Å². The number of anilines is 2. The minimum atomic E-state index is -0.568. The van der Waals surface area contributed by atoms with E-state index in [9.17, 15) is 9.59 Å². The SMILES string of the molecule is CNC(C)CC(N)C(=O)N1C[C@H](C)N(C(C)=O)c2ccccc21. The van der Waals surface area contributed by atoms with E-state index in [2.05, 4.69) is 5.32 Å². The first-order valence-electron chi connectivity index (χ1n) is 7.99. The molecule has 1 aromatic carbocycles. The first-order chi connectivity index (χ1) is 10.9. The van der Waals surface area contributed by atoms with E-state index in [0.29, 0.717) is 13.0 Å². The number of nitrogens with zero attached hydrogens (tertiary/aromatic N) is 2. The second-order valence-electron chi connectivity index (χ2n) is 6.21. The van der Waals surface area contributed by atoms with Gasteiger partial charge in [0, 0.05) is 19.5 Å². The Kier molecular flexibility index (Phi) is 5.38. The molecule has 2 rings (SSSR count). The predicted octanol–water partition coefficient (Wildman–Crippen LogP) is 1.10. The molecular formula is C17H26N4O2. The average molecular weight is 318 g/mol. The highest BCUT2D eigenvalue weighted by Crippen LogP contribution is 2.35. The van der Waals surface area contributed by atoms with Crippen molar-refractivity contribution in [2.45, 2.75) is 45.3 Å². The quantitative estimate of drug-likeness (QED) is 0.871. The van der Waals surface area contributed by atoms with Gasteiger partial charge < -0.3 is 20.9 Å². The third-order valence-corrected chi connectivity index (χ3v) is 4.34. The van der Waals surface area contributed by atoms with E-state index in [1.807, 2.05) is 45.2 Å². The number of para-hydroxylation sites is 2. The van der Waals surface area contributed by atoms with Crippen LogP contribution in [0.25, 0.3) is 0 Å². The number of amides is 2. The molecule has 126 valence electrons. The van der Waals surface area contributed by atoms with Gasteiger partial charge in [-0.25, -0.2) is 0 Å². The molecule has 1 heterocycles. The summed E-state index contributed by atoms with van der Waals surface area (Å²) in [6.07, 6.45) is 0.568. The van der Waals surface area contributed by atoms with E-state index in [1.54, 1.807) is 16.7 Å². The summed E-state index contributed by atoms with van der Waals surface area (Å²) in [5.74, 6) is -0.125.